The molecule has 2 aliphatic rings. The lowest BCUT2D eigenvalue weighted by atomic mass is 9.76. The number of ether oxygens (including phenoxy) is 4. The van der Waals surface area contributed by atoms with Crippen LogP contribution in [0.3, 0.4) is 0 Å². The molecule has 124 valence electrons. The van der Waals surface area contributed by atoms with E-state index in [0.29, 0.717) is 13.2 Å². The predicted molar refractivity (Wildman–Crippen MR) is 82.0 cm³/mol. The molecule has 0 N–H and O–H groups in total. The molecule has 2 saturated heterocycles. The molecular weight excluding hydrogens is 268 g/mol. The molecular formula is C17H32O4. The molecule has 21 heavy (non-hydrogen) atoms. The number of hydrogen-bond acceptors (Lipinski definition) is 4. The summed E-state index contributed by atoms with van der Waals surface area (Å²) in [6, 6.07) is 0. The maximum Gasteiger partial charge on any atom is 0.163 e. The Morgan fingerprint density at radius 3 is 1.33 bits per heavy atom. The average molecular weight is 300 g/mol. The Kier molecular flexibility index (Phi) is 4.25. The summed E-state index contributed by atoms with van der Waals surface area (Å²) in [7, 11) is 0. The van der Waals surface area contributed by atoms with Crippen LogP contribution in [-0.2, 0) is 18.9 Å². The second-order valence-electron chi connectivity index (χ2n) is 8.80. The molecule has 2 aliphatic heterocycles. The zero-order valence-electron chi connectivity index (χ0n) is 14.9. The minimum absolute atomic E-state index is 0.0165. The van der Waals surface area contributed by atoms with Gasteiger partial charge in [-0.25, -0.2) is 0 Å². The van der Waals surface area contributed by atoms with Crippen molar-refractivity contribution >= 4 is 0 Å². The number of hydrogen-bond donors (Lipinski definition) is 0. The quantitative estimate of drug-likeness (QED) is 0.778. The van der Waals surface area contributed by atoms with Gasteiger partial charge in [-0.2, -0.15) is 0 Å². The van der Waals surface area contributed by atoms with Crippen molar-refractivity contribution in [2.75, 3.05) is 13.2 Å². The van der Waals surface area contributed by atoms with Gasteiger partial charge in [0.25, 0.3) is 0 Å². The largest absolute Gasteiger partial charge is 0.350 e. The summed E-state index contributed by atoms with van der Waals surface area (Å²) in [4.78, 5) is 0. The minimum Gasteiger partial charge on any atom is -0.350 e. The van der Waals surface area contributed by atoms with Gasteiger partial charge in [0.1, 0.15) is 0 Å². The summed E-state index contributed by atoms with van der Waals surface area (Å²) in [6.07, 6.45) is 1.08. The Labute approximate surface area is 129 Å². The van der Waals surface area contributed by atoms with Crippen LogP contribution in [0.5, 0.6) is 0 Å². The van der Waals surface area contributed by atoms with Crippen molar-refractivity contribution in [3.05, 3.63) is 0 Å². The zero-order chi connectivity index (χ0) is 16.1. The van der Waals surface area contributed by atoms with E-state index >= 15 is 0 Å². The normalized spacial score (nSPS) is 37.1. The Bertz CT molecular complexity index is 348. The van der Waals surface area contributed by atoms with Gasteiger partial charge in [0.05, 0.1) is 25.4 Å². The first-order valence-corrected chi connectivity index (χ1v) is 7.97. The van der Waals surface area contributed by atoms with Gasteiger partial charge in [-0.15, -0.1) is 0 Å². The van der Waals surface area contributed by atoms with Gasteiger partial charge in [-0.05, 0) is 27.7 Å². The molecule has 0 radical (unpaired) electrons. The molecule has 4 heteroatoms. The molecule has 2 rings (SSSR count). The van der Waals surface area contributed by atoms with Crippen molar-refractivity contribution in [2.45, 2.75) is 85.6 Å². The Hall–Kier alpha value is -0.160. The molecule has 2 atom stereocenters. The fourth-order valence-corrected chi connectivity index (χ4v) is 2.91. The minimum atomic E-state index is -0.523. The first kappa shape index (κ1) is 17.2. The molecule has 0 bridgehead atoms. The van der Waals surface area contributed by atoms with Crippen molar-refractivity contribution in [3.63, 3.8) is 0 Å². The molecule has 0 aromatic rings. The van der Waals surface area contributed by atoms with Crippen LogP contribution in [0.15, 0.2) is 0 Å². The molecule has 0 aliphatic carbocycles. The zero-order valence-corrected chi connectivity index (χ0v) is 14.9. The van der Waals surface area contributed by atoms with Gasteiger partial charge < -0.3 is 18.9 Å². The molecule has 0 aromatic heterocycles. The van der Waals surface area contributed by atoms with E-state index in [4.69, 9.17) is 18.9 Å². The predicted octanol–water partition coefficient (Wildman–Crippen LogP) is 3.73. The van der Waals surface area contributed by atoms with Gasteiger partial charge in [0.2, 0.25) is 0 Å². The fraction of sp³-hybridized carbons (Fsp3) is 1.00. The lowest BCUT2D eigenvalue weighted by molar-refractivity contribution is -0.342. The van der Waals surface area contributed by atoms with Crippen LogP contribution in [0.4, 0.5) is 0 Å². The molecule has 0 amide bonds. The topological polar surface area (TPSA) is 36.9 Å². The second-order valence-corrected chi connectivity index (χ2v) is 8.80. The van der Waals surface area contributed by atoms with Crippen molar-refractivity contribution in [1.82, 2.24) is 0 Å². The standard InChI is InChI=1S/C17H32O4/c1-14(2)10-18-16(5,6)20-12(14)9-13-15(3,4)11-19-17(7,8)21-13/h12-13H,9-11H2,1-8H3/t12-,13-/m0/s1. The molecule has 2 fully saturated rings. The highest BCUT2D eigenvalue weighted by atomic mass is 16.7. The van der Waals surface area contributed by atoms with Gasteiger partial charge in [-0.1, -0.05) is 27.7 Å². The molecule has 0 spiro atoms. The summed E-state index contributed by atoms with van der Waals surface area (Å²) in [5.74, 6) is -1.05. The second kappa shape index (κ2) is 5.19. The Morgan fingerprint density at radius 1 is 0.667 bits per heavy atom. The summed E-state index contributed by atoms with van der Waals surface area (Å²) < 4.78 is 24.0. The van der Waals surface area contributed by atoms with Crippen molar-refractivity contribution in [3.8, 4) is 0 Å². The van der Waals surface area contributed by atoms with Crippen LogP contribution in [0, 0.1) is 10.8 Å². The van der Waals surface area contributed by atoms with Crippen LogP contribution in [0.25, 0.3) is 0 Å². The van der Waals surface area contributed by atoms with Crippen molar-refractivity contribution in [2.24, 2.45) is 10.8 Å². The van der Waals surface area contributed by atoms with E-state index < -0.39 is 11.6 Å². The third kappa shape index (κ3) is 3.98. The van der Waals surface area contributed by atoms with E-state index in [9.17, 15) is 0 Å². The van der Waals surface area contributed by atoms with E-state index in [2.05, 4.69) is 27.7 Å². The summed E-state index contributed by atoms with van der Waals surface area (Å²) in [6.45, 7) is 18.1. The van der Waals surface area contributed by atoms with Gasteiger partial charge in [0, 0.05) is 17.3 Å². The highest BCUT2D eigenvalue weighted by molar-refractivity contribution is 4.92. The first-order valence-electron chi connectivity index (χ1n) is 7.97. The van der Waals surface area contributed by atoms with Crippen LogP contribution in [-0.4, -0.2) is 37.0 Å². The summed E-state index contributed by atoms with van der Waals surface area (Å²) in [5, 5.41) is 0. The summed E-state index contributed by atoms with van der Waals surface area (Å²) >= 11 is 0. The maximum atomic E-state index is 6.21. The van der Waals surface area contributed by atoms with E-state index in [-0.39, 0.29) is 23.0 Å². The number of rotatable bonds is 2. The first-order chi connectivity index (χ1) is 9.33. The van der Waals surface area contributed by atoms with Crippen LogP contribution >= 0.6 is 0 Å². The molecule has 0 unspecified atom stereocenters. The van der Waals surface area contributed by atoms with E-state index in [1.165, 1.54) is 0 Å². The van der Waals surface area contributed by atoms with Crippen LogP contribution in [0.2, 0.25) is 0 Å². The lowest BCUT2D eigenvalue weighted by Crippen LogP contribution is -2.56. The smallest absolute Gasteiger partial charge is 0.163 e. The van der Waals surface area contributed by atoms with E-state index in [0.717, 1.165) is 6.42 Å². The Balaban J connectivity index is 2.13. The molecule has 2 heterocycles. The third-order valence-corrected chi connectivity index (χ3v) is 4.61. The Morgan fingerprint density at radius 2 is 1.00 bits per heavy atom. The van der Waals surface area contributed by atoms with E-state index in [1.807, 2.05) is 27.7 Å². The highest BCUT2D eigenvalue weighted by Crippen LogP contribution is 2.43. The van der Waals surface area contributed by atoms with Crippen LogP contribution in [0.1, 0.15) is 61.8 Å². The van der Waals surface area contributed by atoms with Gasteiger partial charge in [0.15, 0.2) is 11.6 Å². The van der Waals surface area contributed by atoms with E-state index in [1.54, 1.807) is 0 Å². The molecule has 4 nitrogen and oxygen atoms in total. The monoisotopic (exact) mass is 300 g/mol. The van der Waals surface area contributed by atoms with Gasteiger partial charge >= 0.3 is 0 Å². The third-order valence-electron chi connectivity index (χ3n) is 4.61. The molecule has 0 aromatic carbocycles. The van der Waals surface area contributed by atoms with Crippen LogP contribution < -0.4 is 0 Å². The van der Waals surface area contributed by atoms with Gasteiger partial charge in [-0.3, -0.25) is 0 Å². The SMILES string of the molecule is CC1(C)OCC(C)(C)[C@H](C[C@@H]2OC(C)(C)OCC2(C)C)O1. The summed E-state index contributed by atoms with van der Waals surface area (Å²) in [5.41, 5.74) is -0.0329. The van der Waals surface area contributed by atoms with Crippen molar-refractivity contribution in [1.29, 1.82) is 0 Å². The maximum absolute atomic E-state index is 6.21. The average Bonchev–Trinajstić information content (AvgIpc) is 2.30. The molecule has 0 saturated carbocycles. The van der Waals surface area contributed by atoms with Crippen molar-refractivity contribution < 1.29 is 18.9 Å². The fourth-order valence-electron chi connectivity index (χ4n) is 2.91. The lowest BCUT2D eigenvalue weighted by Gasteiger charge is -2.51. The highest BCUT2D eigenvalue weighted by Gasteiger charge is 2.48.